The van der Waals surface area contributed by atoms with Crippen LogP contribution in [0, 0.1) is 0 Å². The van der Waals surface area contributed by atoms with E-state index < -0.39 is 6.09 Å². The first-order valence-electron chi connectivity index (χ1n) is 10.7. The lowest BCUT2D eigenvalue weighted by Gasteiger charge is -2.42. The predicted molar refractivity (Wildman–Crippen MR) is 109 cm³/mol. The van der Waals surface area contributed by atoms with E-state index in [1.807, 2.05) is 0 Å². The molecule has 27 heavy (non-hydrogen) atoms. The molecule has 1 N–H and O–H groups in total. The molecule has 3 aliphatic rings. The topological polar surface area (TPSA) is 47.0 Å². The zero-order valence-corrected chi connectivity index (χ0v) is 16.6. The molecule has 0 radical (unpaired) electrons. The Morgan fingerprint density at radius 1 is 1.04 bits per heavy atom. The minimum atomic E-state index is -0.834. The molecule has 1 saturated carbocycles. The molecule has 0 spiro atoms. The maximum absolute atomic E-state index is 11.5. The second kappa shape index (κ2) is 8.09. The third-order valence-corrected chi connectivity index (χ3v) is 6.95. The van der Waals surface area contributed by atoms with Gasteiger partial charge in [-0.1, -0.05) is 25.3 Å². The van der Waals surface area contributed by atoms with Crippen molar-refractivity contribution in [3.8, 4) is 0 Å². The van der Waals surface area contributed by atoms with E-state index in [0.29, 0.717) is 0 Å². The average molecular weight is 372 g/mol. The monoisotopic (exact) mass is 371 g/mol. The summed E-state index contributed by atoms with van der Waals surface area (Å²) in [4.78, 5) is 18.2. The lowest BCUT2D eigenvalue weighted by atomic mass is 9.86. The van der Waals surface area contributed by atoms with Crippen molar-refractivity contribution in [2.24, 2.45) is 0 Å². The lowest BCUT2D eigenvalue weighted by molar-refractivity contribution is 0.133. The number of hydrogen-bond donors (Lipinski definition) is 1. The Bertz CT molecular complexity index is 664. The van der Waals surface area contributed by atoms with Gasteiger partial charge in [0.1, 0.15) is 0 Å². The SMILES string of the molecule is CN(C(=O)O)C1CCCc2ccc(N3CCN(C4CCCCC4)CC3)cc21. The number of carboxylic acid groups (broad SMARTS) is 1. The fourth-order valence-corrected chi connectivity index (χ4v) is 5.29. The van der Waals surface area contributed by atoms with Gasteiger partial charge in [0, 0.05) is 45.0 Å². The number of anilines is 1. The Balaban J connectivity index is 1.46. The van der Waals surface area contributed by atoms with Crippen molar-refractivity contribution in [3.63, 3.8) is 0 Å². The fourth-order valence-electron chi connectivity index (χ4n) is 5.29. The van der Waals surface area contributed by atoms with E-state index in [-0.39, 0.29) is 6.04 Å². The summed E-state index contributed by atoms with van der Waals surface area (Å²) >= 11 is 0. The molecule has 1 unspecified atom stereocenters. The van der Waals surface area contributed by atoms with E-state index in [9.17, 15) is 9.90 Å². The van der Waals surface area contributed by atoms with E-state index in [1.165, 1.54) is 53.8 Å². The van der Waals surface area contributed by atoms with Crippen molar-refractivity contribution in [3.05, 3.63) is 29.3 Å². The number of carbonyl (C=O) groups is 1. The highest BCUT2D eigenvalue weighted by Gasteiger charge is 2.29. The molecule has 1 amide bonds. The maximum Gasteiger partial charge on any atom is 0.407 e. The molecule has 0 bridgehead atoms. The van der Waals surface area contributed by atoms with Crippen LogP contribution in [0.25, 0.3) is 0 Å². The van der Waals surface area contributed by atoms with Crippen molar-refractivity contribution in [1.29, 1.82) is 0 Å². The van der Waals surface area contributed by atoms with Gasteiger partial charge in [-0.15, -0.1) is 0 Å². The minimum absolute atomic E-state index is 0.00488. The zero-order valence-electron chi connectivity index (χ0n) is 16.6. The Morgan fingerprint density at radius 3 is 2.48 bits per heavy atom. The summed E-state index contributed by atoms with van der Waals surface area (Å²) < 4.78 is 0. The van der Waals surface area contributed by atoms with Crippen LogP contribution in [0.5, 0.6) is 0 Å². The van der Waals surface area contributed by atoms with E-state index in [4.69, 9.17) is 0 Å². The summed E-state index contributed by atoms with van der Waals surface area (Å²) in [5.41, 5.74) is 3.81. The standard InChI is InChI=1S/C22H33N3O2/c1-23(22(26)27)21-9-5-6-17-10-11-19(16-20(17)21)25-14-12-24(13-15-25)18-7-3-2-4-8-18/h10-11,16,18,21H,2-9,12-15H2,1H3,(H,26,27). The van der Waals surface area contributed by atoms with Gasteiger partial charge in [-0.25, -0.2) is 4.79 Å². The molecule has 1 heterocycles. The third kappa shape index (κ3) is 3.93. The molecule has 5 heteroatoms. The molecule has 1 aliphatic heterocycles. The van der Waals surface area contributed by atoms with E-state index in [2.05, 4.69) is 28.0 Å². The van der Waals surface area contributed by atoms with Crippen LogP contribution in [0.4, 0.5) is 10.5 Å². The highest BCUT2D eigenvalue weighted by Crippen LogP contribution is 2.36. The summed E-state index contributed by atoms with van der Waals surface area (Å²) in [5.74, 6) is 0. The number of amides is 1. The summed E-state index contributed by atoms with van der Waals surface area (Å²) in [6.07, 6.45) is 9.18. The van der Waals surface area contributed by atoms with Crippen LogP contribution in [-0.2, 0) is 6.42 Å². The number of fused-ring (bicyclic) bond motifs is 1. The molecule has 1 saturated heterocycles. The molecule has 148 valence electrons. The molecule has 0 aromatic heterocycles. The van der Waals surface area contributed by atoms with Gasteiger partial charge in [0.2, 0.25) is 0 Å². The number of benzene rings is 1. The number of rotatable bonds is 3. The lowest BCUT2D eigenvalue weighted by Crippen LogP contribution is -2.50. The van der Waals surface area contributed by atoms with Crippen LogP contribution >= 0.6 is 0 Å². The minimum Gasteiger partial charge on any atom is -0.465 e. The Hall–Kier alpha value is -1.75. The highest BCUT2D eigenvalue weighted by atomic mass is 16.4. The highest BCUT2D eigenvalue weighted by molar-refractivity contribution is 5.66. The summed E-state index contributed by atoms with van der Waals surface area (Å²) in [7, 11) is 1.71. The first-order chi connectivity index (χ1) is 13.1. The molecular weight excluding hydrogens is 338 g/mol. The van der Waals surface area contributed by atoms with Gasteiger partial charge >= 0.3 is 6.09 Å². The first kappa shape index (κ1) is 18.6. The van der Waals surface area contributed by atoms with Crippen molar-refractivity contribution >= 4 is 11.8 Å². The Morgan fingerprint density at radius 2 is 1.78 bits per heavy atom. The van der Waals surface area contributed by atoms with E-state index in [1.54, 1.807) is 7.05 Å². The van der Waals surface area contributed by atoms with Crippen LogP contribution in [0.3, 0.4) is 0 Å². The van der Waals surface area contributed by atoms with Gasteiger partial charge in [0.25, 0.3) is 0 Å². The van der Waals surface area contributed by atoms with Crippen LogP contribution in [0.1, 0.15) is 62.1 Å². The third-order valence-electron chi connectivity index (χ3n) is 6.95. The molecule has 5 nitrogen and oxygen atoms in total. The molecule has 2 aliphatic carbocycles. The van der Waals surface area contributed by atoms with Crippen molar-refractivity contribution < 1.29 is 9.90 Å². The largest absolute Gasteiger partial charge is 0.465 e. The van der Waals surface area contributed by atoms with Gasteiger partial charge in [-0.05, 0) is 55.4 Å². The Kier molecular flexibility index (Phi) is 5.58. The fraction of sp³-hybridized carbons (Fsp3) is 0.682. The van der Waals surface area contributed by atoms with Gasteiger partial charge < -0.3 is 14.9 Å². The van der Waals surface area contributed by atoms with E-state index in [0.717, 1.165) is 51.5 Å². The van der Waals surface area contributed by atoms with Gasteiger partial charge in [-0.3, -0.25) is 4.90 Å². The summed E-state index contributed by atoms with van der Waals surface area (Å²) in [6.45, 7) is 4.46. The van der Waals surface area contributed by atoms with Crippen LogP contribution in [-0.4, -0.2) is 60.3 Å². The first-order valence-corrected chi connectivity index (χ1v) is 10.7. The second-order valence-electron chi connectivity index (χ2n) is 8.50. The number of piperazine rings is 1. The number of hydrogen-bond acceptors (Lipinski definition) is 3. The molecule has 1 aromatic rings. The number of nitrogens with zero attached hydrogens (tertiary/aromatic N) is 3. The van der Waals surface area contributed by atoms with Crippen molar-refractivity contribution in [1.82, 2.24) is 9.80 Å². The van der Waals surface area contributed by atoms with Crippen molar-refractivity contribution in [2.75, 3.05) is 38.1 Å². The summed E-state index contributed by atoms with van der Waals surface area (Å²) in [6, 6.07) is 7.56. The molecule has 4 rings (SSSR count). The molecule has 1 atom stereocenters. The van der Waals surface area contributed by atoms with Gasteiger partial charge in [0.05, 0.1) is 6.04 Å². The number of aryl methyl sites for hydroxylation is 1. The van der Waals surface area contributed by atoms with Gasteiger partial charge in [-0.2, -0.15) is 0 Å². The zero-order chi connectivity index (χ0) is 18.8. The van der Waals surface area contributed by atoms with Gasteiger partial charge in [0.15, 0.2) is 0 Å². The quantitative estimate of drug-likeness (QED) is 0.868. The Labute approximate surface area is 162 Å². The van der Waals surface area contributed by atoms with Crippen LogP contribution in [0.15, 0.2) is 18.2 Å². The van der Waals surface area contributed by atoms with Crippen LogP contribution in [0.2, 0.25) is 0 Å². The smallest absolute Gasteiger partial charge is 0.407 e. The average Bonchev–Trinajstić information content (AvgIpc) is 2.73. The second-order valence-corrected chi connectivity index (χ2v) is 8.50. The predicted octanol–water partition coefficient (Wildman–Crippen LogP) is 4.13. The molecule has 1 aromatic carbocycles. The molecule has 2 fully saturated rings. The molecular formula is C22H33N3O2. The van der Waals surface area contributed by atoms with Crippen LogP contribution < -0.4 is 4.90 Å². The summed E-state index contributed by atoms with van der Waals surface area (Å²) in [5, 5.41) is 9.44. The van der Waals surface area contributed by atoms with E-state index >= 15 is 0 Å². The maximum atomic E-state index is 11.5. The normalized spacial score (nSPS) is 24.5. The van der Waals surface area contributed by atoms with Crippen molar-refractivity contribution in [2.45, 2.75) is 63.5 Å².